The Morgan fingerprint density at radius 1 is 1.09 bits per heavy atom. The molecule has 0 fully saturated rings. The highest BCUT2D eigenvalue weighted by molar-refractivity contribution is 6.30. The zero-order chi connectivity index (χ0) is 23.4. The second kappa shape index (κ2) is 9.83. The molecule has 9 nitrogen and oxygen atoms in total. The summed E-state index contributed by atoms with van der Waals surface area (Å²) < 4.78 is 21.7. The topological polar surface area (TPSA) is 112 Å². The van der Waals surface area contributed by atoms with Gasteiger partial charge in [0.15, 0.2) is 11.5 Å². The highest BCUT2D eigenvalue weighted by atomic mass is 35.5. The van der Waals surface area contributed by atoms with Crippen LogP contribution in [0.2, 0.25) is 5.02 Å². The fraction of sp³-hybridized carbons (Fsp3) is 0.261. The molecule has 2 aliphatic rings. The monoisotopic (exact) mass is 472 g/mol. The summed E-state index contributed by atoms with van der Waals surface area (Å²) in [7, 11) is 0. The molecule has 0 saturated carbocycles. The maximum atomic E-state index is 12.8. The van der Waals surface area contributed by atoms with E-state index in [9.17, 15) is 14.4 Å². The summed E-state index contributed by atoms with van der Waals surface area (Å²) in [5.41, 5.74) is 0.849. The van der Waals surface area contributed by atoms with Gasteiger partial charge >= 0.3 is 18.0 Å². The minimum Gasteiger partial charge on any atom is -0.485 e. The Hall–Kier alpha value is -3.72. The molecule has 0 bridgehead atoms. The number of amides is 2. The Balaban J connectivity index is 1.55. The molecule has 2 aromatic carbocycles. The van der Waals surface area contributed by atoms with Gasteiger partial charge in [0.05, 0.1) is 23.9 Å². The number of urea groups is 1. The van der Waals surface area contributed by atoms with Gasteiger partial charge in [-0.05, 0) is 36.8 Å². The number of esters is 2. The maximum absolute atomic E-state index is 12.8. The van der Waals surface area contributed by atoms with Gasteiger partial charge in [0.2, 0.25) is 6.10 Å². The second-order valence-electron chi connectivity index (χ2n) is 7.17. The molecule has 2 aromatic rings. The van der Waals surface area contributed by atoms with Crippen LogP contribution < -0.4 is 20.1 Å². The predicted molar refractivity (Wildman–Crippen MR) is 117 cm³/mol. The average Bonchev–Trinajstić information content (AvgIpc) is 2.82. The highest BCUT2D eigenvalue weighted by Crippen LogP contribution is 2.32. The fourth-order valence-corrected chi connectivity index (χ4v) is 3.58. The summed E-state index contributed by atoms with van der Waals surface area (Å²) in [5.74, 6) is -0.390. The minimum absolute atomic E-state index is 0.0268. The molecule has 33 heavy (non-hydrogen) atoms. The lowest BCUT2D eigenvalue weighted by atomic mass is 9.95. The molecule has 2 heterocycles. The summed E-state index contributed by atoms with van der Waals surface area (Å²) in [4.78, 5) is 37.7. The number of hydrogen-bond acceptors (Lipinski definition) is 7. The van der Waals surface area contributed by atoms with Crippen molar-refractivity contribution in [1.29, 1.82) is 0 Å². The van der Waals surface area contributed by atoms with Crippen LogP contribution in [0.15, 0.2) is 59.8 Å². The molecule has 0 aromatic heterocycles. The number of hydrogen-bond donors (Lipinski definition) is 2. The van der Waals surface area contributed by atoms with Gasteiger partial charge in [0.25, 0.3) is 0 Å². The third-order valence-corrected chi connectivity index (χ3v) is 5.23. The summed E-state index contributed by atoms with van der Waals surface area (Å²) in [6.45, 7) is 1.40. The Morgan fingerprint density at radius 2 is 1.82 bits per heavy atom. The van der Waals surface area contributed by atoms with Gasteiger partial charge in [-0.3, -0.25) is 0 Å². The zero-order valence-corrected chi connectivity index (χ0v) is 18.4. The van der Waals surface area contributed by atoms with Crippen molar-refractivity contribution in [3.63, 3.8) is 0 Å². The first-order valence-electron chi connectivity index (χ1n) is 10.2. The third-order valence-electron chi connectivity index (χ3n) is 4.98. The lowest BCUT2D eigenvalue weighted by molar-refractivity contribution is -0.153. The van der Waals surface area contributed by atoms with Crippen molar-refractivity contribution < 1.29 is 33.3 Å². The minimum atomic E-state index is -0.990. The number of carbonyl (C=O) groups excluding carboxylic acids is 3. The molecule has 0 radical (unpaired) electrons. The first-order chi connectivity index (χ1) is 16.0. The molecule has 0 saturated heterocycles. The van der Waals surface area contributed by atoms with Gasteiger partial charge in [0.1, 0.15) is 13.2 Å². The largest absolute Gasteiger partial charge is 0.485 e. The Labute approximate surface area is 194 Å². The SMILES string of the molecule is CCOC(=O)C1=C(COC(=O)C2COc3ccccc3O2)NC(=O)NC1c1ccc(Cl)cc1. The van der Waals surface area contributed by atoms with Gasteiger partial charge in [0, 0.05) is 5.02 Å². The number of ether oxygens (including phenoxy) is 4. The van der Waals surface area contributed by atoms with E-state index in [0.717, 1.165) is 0 Å². The third kappa shape index (κ3) is 5.04. The predicted octanol–water partition coefficient (Wildman–Crippen LogP) is 2.89. The number of carbonyl (C=O) groups is 3. The van der Waals surface area contributed by atoms with Crippen LogP contribution in [-0.2, 0) is 19.1 Å². The normalized spacial score (nSPS) is 19.3. The molecule has 172 valence electrons. The van der Waals surface area contributed by atoms with E-state index < -0.39 is 30.1 Å². The van der Waals surface area contributed by atoms with Crippen molar-refractivity contribution in [2.45, 2.75) is 19.1 Å². The molecule has 2 N–H and O–H groups in total. The number of halogens is 1. The van der Waals surface area contributed by atoms with Crippen molar-refractivity contribution in [2.75, 3.05) is 19.8 Å². The molecule has 10 heteroatoms. The molecule has 2 aliphatic heterocycles. The number of rotatable bonds is 6. The highest BCUT2D eigenvalue weighted by Gasteiger charge is 2.35. The van der Waals surface area contributed by atoms with Crippen LogP contribution in [0, 0.1) is 0 Å². The van der Waals surface area contributed by atoms with Crippen LogP contribution in [0.5, 0.6) is 11.5 Å². The number of nitrogens with one attached hydrogen (secondary N) is 2. The zero-order valence-electron chi connectivity index (χ0n) is 17.6. The van der Waals surface area contributed by atoms with Crippen molar-refractivity contribution >= 4 is 29.6 Å². The van der Waals surface area contributed by atoms with Crippen molar-refractivity contribution in [3.8, 4) is 11.5 Å². The standard InChI is InChI=1S/C23H21ClN2O7/c1-2-30-22(28)19-15(25-23(29)26-20(19)13-7-9-14(24)10-8-13)11-32-21(27)18-12-31-16-5-3-4-6-17(16)33-18/h3-10,18,20H,2,11-12H2,1H3,(H2,25,26,29). The Bertz CT molecular complexity index is 1100. The Morgan fingerprint density at radius 3 is 2.55 bits per heavy atom. The van der Waals surface area contributed by atoms with Gasteiger partial charge < -0.3 is 29.6 Å². The van der Waals surface area contributed by atoms with Crippen molar-refractivity contribution in [2.24, 2.45) is 0 Å². The first kappa shape index (κ1) is 22.5. The van der Waals surface area contributed by atoms with Gasteiger partial charge in [-0.1, -0.05) is 35.9 Å². The molecule has 2 atom stereocenters. The molecular formula is C23H21ClN2O7. The van der Waals surface area contributed by atoms with Crippen LogP contribution in [0.1, 0.15) is 18.5 Å². The van der Waals surface area contributed by atoms with E-state index in [1.54, 1.807) is 55.5 Å². The lowest BCUT2D eigenvalue weighted by Crippen LogP contribution is -2.47. The van der Waals surface area contributed by atoms with Crippen LogP contribution >= 0.6 is 11.6 Å². The second-order valence-corrected chi connectivity index (χ2v) is 7.60. The van der Waals surface area contributed by atoms with E-state index in [2.05, 4.69) is 10.6 Å². The number of benzene rings is 2. The summed E-state index contributed by atoms with van der Waals surface area (Å²) >= 11 is 5.96. The summed E-state index contributed by atoms with van der Waals surface area (Å²) in [5, 5.41) is 5.75. The van der Waals surface area contributed by atoms with E-state index in [4.69, 9.17) is 30.5 Å². The Kier molecular flexibility index (Phi) is 6.69. The smallest absolute Gasteiger partial charge is 0.351 e. The maximum Gasteiger partial charge on any atom is 0.351 e. The lowest BCUT2D eigenvalue weighted by Gasteiger charge is -2.30. The van der Waals surface area contributed by atoms with E-state index in [-0.39, 0.29) is 31.1 Å². The molecule has 0 spiro atoms. The van der Waals surface area contributed by atoms with E-state index in [0.29, 0.717) is 22.1 Å². The number of fused-ring (bicyclic) bond motifs is 1. The molecular weight excluding hydrogens is 452 g/mol. The molecule has 0 aliphatic carbocycles. The summed E-state index contributed by atoms with van der Waals surface area (Å²) in [6, 6.07) is 12.3. The van der Waals surface area contributed by atoms with Crippen LogP contribution in [0.4, 0.5) is 4.79 Å². The quantitative estimate of drug-likeness (QED) is 0.621. The fourth-order valence-electron chi connectivity index (χ4n) is 3.46. The molecule has 4 rings (SSSR count). The van der Waals surface area contributed by atoms with E-state index in [1.807, 2.05) is 0 Å². The van der Waals surface area contributed by atoms with Crippen LogP contribution in [-0.4, -0.2) is 43.9 Å². The first-order valence-corrected chi connectivity index (χ1v) is 10.6. The van der Waals surface area contributed by atoms with Gasteiger partial charge in [-0.25, -0.2) is 14.4 Å². The van der Waals surface area contributed by atoms with Crippen molar-refractivity contribution in [1.82, 2.24) is 10.6 Å². The molecule has 2 amide bonds. The van der Waals surface area contributed by atoms with E-state index >= 15 is 0 Å². The van der Waals surface area contributed by atoms with Gasteiger partial charge in [-0.2, -0.15) is 0 Å². The van der Waals surface area contributed by atoms with Crippen molar-refractivity contribution in [3.05, 3.63) is 70.4 Å². The van der Waals surface area contributed by atoms with Gasteiger partial charge in [-0.15, -0.1) is 0 Å². The van der Waals surface area contributed by atoms with E-state index in [1.165, 1.54) is 0 Å². The van der Waals surface area contributed by atoms with Crippen LogP contribution in [0.25, 0.3) is 0 Å². The molecule has 2 unspecified atom stereocenters. The number of para-hydroxylation sites is 2. The summed E-state index contributed by atoms with van der Waals surface area (Å²) in [6.07, 6.45) is -0.990. The average molecular weight is 473 g/mol. The van der Waals surface area contributed by atoms with Crippen LogP contribution in [0.3, 0.4) is 0 Å².